The van der Waals surface area contributed by atoms with Crippen LogP contribution in [0, 0.1) is 0 Å². The number of carbonyl (C=O) groups excluding carboxylic acids is 2. The molecular formula is C18H16BrNO3. The van der Waals surface area contributed by atoms with Crippen LogP contribution in [0.25, 0.3) is 6.08 Å². The maximum atomic E-state index is 12.2. The smallest absolute Gasteiger partial charge is 0.355 e. The molecule has 0 aromatic heterocycles. The fourth-order valence-electron chi connectivity index (χ4n) is 1.86. The van der Waals surface area contributed by atoms with Crippen LogP contribution < -0.4 is 5.32 Å². The van der Waals surface area contributed by atoms with Crippen molar-refractivity contribution in [2.24, 2.45) is 0 Å². The first-order chi connectivity index (χ1) is 11.0. The molecule has 0 bridgehead atoms. The van der Waals surface area contributed by atoms with Gasteiger partial charge in [0.25, 0.3) is 0 Å². The van der Waals surface area contributed by atoms with E-state index >= 15 is 0 Å². The Morgan fingerprint density at radius 1 is 1.09 bits per heavy atom. The molecule has 118 valence electrons. The van der Waals surface area contributed by atoms with E-state index < -0.39 is 5.97 Å². The fourth-order valence-corrected chi connectivity index (χ4v) is 2.12. The molecular weight excluding hydrogens is 358 g/mol. The number of esters is 1. The number of ether oxygens (including phenoxy) is 1. The van der Waals surface area contributed by atoms with Crippen LogP contribution in [0.4, 0.5) is 0 Å². The highest BCUT2D eigenvalue weighted by Crippen LogP contribution is 2.12. The first kappa shape index (κ1) is 17.0. The Labute approximate surface area is 143 Å². The quantitative estimate of drug-likeness (QED) is 0.642. The highest BCUT2D eigenvalue weighted by atomic mass is 79.9. The van der Waals surface area contributed by atoms with Gasteiger partial charge >= 0.3 is 5.97 Å². The number of nitrogens with one attached hydrogen (secondary N) is 1. The molecule has 2 aromatic carbocycles. The molecule has 0 aliphatic carbocycles. The number of rotatable bonds is 5. The summed E-state index contributed by atoms with van der Waals surface area (Å²) in [5.74, 6) is -0.903. The minimum atomic E-state index is -0.577. The van der Waals surface area contributed by atoms with E-state index in [1.54, 1.807) is 6.08 Å². The summed E-state index contributed by atoms with van der Waals surface area (Å²) in [6, 6.07) is 16.7. The van der Waals surface area contributed by atoms with Gasteiger partial charge in [-0.1, -0.05) is 58.4 Å². The van der Waals surface area contributed by atoms with Crippen LogP contribution in [-0.2, 0) is 20.9 Å². The van der Waals surface area contributed by atoms with Crippen molar-refractivity contribution in [1.82, 2.24) is 5.32 Å². The van der Waals surface area contributed by atoms with E-state index in [0.717, 1.165) is 15.6 Å². The van der Waals surface area contributed by atoms with Crippen molar-refractivity contribution < 1.29 is 14.3 Å². The SMILES string of the molecule is CC(=O)N/C(=C/c1ccccc1)C(=O)OCc1ccc(Br)cc1. The van der Waals surface area contributed by atoms with E-state index in [4.69, 9.17) is 4.74 Å². The standard InChI is InChI=1S/C18H16BrNO3/c1-13(21)20-17(11-14-5-3-2-4-6-14)18(22)23-12-15-7-9-16(19)10-8-15/h2-11H,12H2,1H3,(H,20,21)/b17-11+. The summed E-state index contributed by atoms with van der Waals surface area (Å²) < 4.78 is 6.22. The Kier molecular flexibility index (Phi) is 6.11. The van der Waals surface area contributed by atoms with E-state index in [1.807, 2.05) is 54.6 Å². The van der Waals surface area contributed by atoms with E-state index in [0.29, 0.717) is 0 Å². The van der Waals surface area contributed by atoms with Gasteiger partial charge in [0.2, 0.25) is 5.91 Å². The zero-order chi connectivity index (χ0) is 16.7. The molecule has 1 N–H and O–H groups in total. The molecule has 0 fully saturated rings. The Balaban J connectivity index is 2.09. The lowest BCUT2D eigenvalue weighted by Gasteiger charge is -2.09. The molecule has 0 aliphatic rings. The Morgan fingerprint density at radius 2 is 1.74 bits per heavy atom. The Bertz CT molecular complexity index is 709. The average molecular weight is 374 g/mol. The van der Waals surface area contributed by atoms with Gasteiger partial charge in [0.15, 0.2) is 0 Å². The number of carbonyl (C=O) groups is 2. The van der Waals surface area contributed by atoms with Gasteiger partial charge in [0, 0.05) is 11.4 Å². The third kappa shape index (κ3) is 5.71. The maximum Gasteiger partial charge on any atom is 0.355 e. The van der Waals surface area contributed by atoms with E-state index in [9.17, 15) is 9.59 Å². The lowest BCUT2D eigenvalue weighted by molar-refractivity contribution is -0.141. The van der Waals surface area contributed by atoms with Gasteiger partial charge in [-0.25, -0.2) is 4.79 Å². The molecule has 2 aromatic rings. The maximum absolute atomic E-state index is 12.2. The van der Waals surface area contributed by atoms with Crippen molar-refractivity contribution in [3.05, 3.63) is 75.9 Å². The van der Waals surface area contributed by atoms with Crippen LogP contribution in [0.1, 0.15) is 18.1 Å². The number of benzene rings is 2. The van der Waals surface area contributed by atoms with Gasteiger partial charge in [-0.15, -0.1) is 0 Å². The summed E-state index contributed by atoms with van der Waals surface area (Å²) in [6.07, 6.45) is 1.59. The molecule has 5 heteroatoms. The topological polar surface area (TPSA) is 55.4 Å². The predicted octanol–water partition coefficient (Wildman–Crippen LogP) is 3.67. The molecule has 0 aliphatic heterocycles. The van der Waals surface area contributed by atoms with Crippen LogP contribution in [0.3, 0.4) is 0 Å². The summed E-state index contributed by atoms with van der Waals surface area (Å²) >= 11 is 3.35. The zero-order valence-electron chi connectivity index (χ0n) is 12.6. The Morgan fingerprint density at radius 3 is 2.35 bits per heavy atom. The fraction of sp³-hybridized carbons (Fsp3) is 0.111. The number of hydrogen-bond donors (Lipinski definition) is 1. The first-order valence-corrected chi connectivity index (χ1v) is 7.80. The zero-order valence-corrected chi connectivity index (χ0v) is 14.2. The predicted molar refractivity (Wildman–Crippen MR) is 92.2 cm³/mol. The van der Waals surface area contributed by atoms with Crippen LogP contribution in [-0.4, -0.2) is 11.9 Å². The number of hydrogen-bond acceptors (Lipinski definition) is 3. The minimum absolute atomic E-state index is 0.112. The van der Waals surface area contributed by atoms with Gasteiger partial charge in [0.05, 0.1) is 0 Å². The summed E-state index contributed by atoms with van der Waals surface area (Å²) in [4.78, 5) is 23.5. The van der Waals surface area contributed by atoms with Crippen LogP contribution in [0.15, 0.2) is 64.8 Å². The molecule has 4 nitrogen and oxygen atoms in total. The van der Waals surface area contributed by atoms with Crippen molar-refractivity contribution >= 4 is 33.9 Å². The van der Waals surface area contributed by atoms with Crippen LogP contribution >= 0.6 is 15.9 Å². The number of halogens is 1. The second kappa shape index (κ2) is 8.29. The Hall–Kier alpha value is -2.40. The molecule has 0 radical (unpaired) electrons. The van der Waals surface area contributed by atoms with Gasteiger partial charge < -0.3 is 10.1 Å². The molecule has 0 saturated heterocycles. The molecule has 0 spiro atoms. The molecule has 0 heterocycles. The van der Waals surface area contributed by atoms with Crippen LogP contribution in [0.5, 0.6) is 0 Å². The molecule has 2 rings (SSSR count). The minimum Gasteiger partial charge on any atom is -0.456 e. The van der Waals surface area contributed by atoms with Crippen molar-refractivity contribution in [2.75, 3.05) is 0 Å². The van der Waals surface area contributed by atoms with Crippen LogP contribution in [0.2, 0.25) is 0 Å². The molecule has 0 saturated carbocycles. The molecule has 23 heavy (non-hydrogen) atoms. The molecule has 0 atom stereocenters. The second-order valence-electron chi connectivity index (χ2n) is 4.85. The summed E-state index contributed by atoms with van der Waals surface area (Å²) in [5.41, 5.74) is 1.78. The van der Waals surface area contributed by atoms with E-state index in [2.05, 4.69) is 21.2 Å². The van der Waals surface area contributed by atoms with Crippen molar-refractivity contribution in [2.45, 2.75) is 13.5 Å². The third-order valence-electron chi connectivity index (χ3n) is 2.92. The lowest BCUT2D eigenvalue weighted by Crippen LogP contribution is -2.26. The van der Waals surface area contributed by atoms with Gasteiger partial charge in [-0.2, -0.15) is 0 Å². The summed E-state index contributed by atoms with van der Waals surface area (Å²) in [7, 11) is 0. The van der Waals surface area contributed by atoms with Crippen molar-refractivity contribution in [3.8, 4) is 0 Å². The van der Waals surface area contributed by atoms with Gasteiger partial charge in [0.1, 0.15) is 12.3 Å². The van der Waals surface area contributed by atoms with Gasteiger partial charge in [-0.3, -0.25) is 4.79 Å². The van der Waals surface area contributed by atoms with Crippen molar-refractivity contribution in [3.63, 3.8) is 0 Å². The summed E-state index contributed by atoms with van der Waals surface area (Å²) in [6.45, 7) is 1.48. The van der Waals surface area contributed by atoms with E-state index in [1.165, 1.54) is 6.92 Å². The monoisotopic (exact) mass is 373 g/mol. The highest BCUT2D eigenvalue weighted by molar-refractivity contribution is 9.10. The lowest BCUT2D eigenvalue weighted by atomic mass is 10.2. The summed E-state index contributed by atoms with van der Waals surface area (Å²) in [5, 5.41) is 2.51. The highest BCUT2D eigenvalue weighted by Gasteiger charge is 2.13. The molecule has 0 unspecified atom stereocenters. The average Bonchev–Trinajstić information content (AvgIpc) is 2.54. The first-order valence-electron chi connectivity index (χ1n) is 7.00. The second-order valence-corrected chi connectivity index (χ2v) is 5.77. The third-order valence-corrected chi connectivity index (χ3v) is 3.45. The van der Waals surface area contributed by atoms with Crippen molar-refractivity contribution in [1.29, 1.82) is 0 Å². The van der Waals surface area contributed by atoms with E-state index in [-0.39, 0.29) is 18.2 Å². The van der Waals surface area contributed by atoms with Gasteiger partial charge in [-0.05, 0) is 29.3 Å². The normalized spacial score (nSPS) is 11.0. The molecule has 1 amide bonds. The number of amides is 1. The largest absolute Gasteiger partial charge is 0.456 e.